The minimum Gasteiger partial charge on any atom is -0.493 e. The molecule has 2 heterocycles. The topological polar surface area (TPSA) is 90.2 Å². The van der Waals surface area contributed by atoms with Gasteiger partial charge in [0.05, 0.1) is 27.0 Å². The Balaban J connectivity index is 1.84. The smallest absolute Gasteiger partial charge is 0.203 e. The molecular formula is C25H22N4O3S3. The van der Waals surface area contributed by atoms with Gasteiger partial charge in [0, 0.05) is 22.4 Å². The molecule has 0 N–H and O–H groups in total. The fourth-order valence-corrected chi connectivity index (χ4v) is 5.95. The summed E-state index contributed by atoms with van der Waals surface area (Å²) in [5.41, 5.74) is 3.60. The van der Waals surface area contributed by atoms with Crippen molar-refractivity contribution in [3.05, 3.63) is 64.7 Å². The molecule has 0 fully saturated rings. The molecule has 2 aromatic carbocycles. The normalized spacial score (nSPS) is 10.6. The van der Waals surface area contributed by atoms with Gasteiger partial charge in [-0.15, -0.1) is 11.3 Å². The molecule has 0 aliphatic carbocycles. The molecule has 4 rings (SSSR count). The Labute approximate surface area is 216 Å². The zero-order chi connectivity index (χ0) is 24.8. The van der Waals surface area contributed by atoms with E-state index in [9.17, 15) is 5.26 Å². The molecule has 2 aromatic heterocycles. The predicted molar refractivity (Wildman–Crippen MR) is 139 cm³/mol. The van der Waals surface area contributed by atoms with Crippen LogP contribution in [-0.2, 0) is 5.75 Å². The molecule has 0 aliphatic heterocycles. The Morgan fingerprint density at radius 3 is 2.26 bits per heavy atom. The van der Waals surface area contributed by atoms with E-state index in [1.807, 2.05) is 30.5 Å². The van der Waals surface area contributed by atoms with Crippen molar-refractivity contribution < 1.29 is 14.2 Å². The monoisotopic (exact) mass is 522 g/mol. The lowest BCUT2D eigenvalue weighted by molar-refractivity contribution is 0.324. The highest BCUT2D eigenvalue weighted by molar-refractivity contribution is 8.01. The summed E-state index contributed by atoms with van der Waals surface area (Å²) in [5.74, 6) is 2.13. The second-order valence-electron chi connectivity index (χ2n) is 7.19. The van der Waals surface area contributed by atoms with E-state index in [4.69, 9.17) is 24.2 Å². The van der Waals surface area contributed by atoms with Gasteiger partial charge in [0.25, 0.3) is 0 Å². The van der Waals surface area contributed by atoms with E-state index in [1.54, 1.807) is 33.5 Å². The third-order valence-electron chi connectivity index (χ3n) is 4.90. The van der Waals surface area contributed by atoms with Gasteiger partial charge in [-0.2, -0.15) is 5.26 Å². The molecule has 178 valence electrons. The number of methoxy groups -OCH3 is 3. The fourth-order valence-electron chi connectivity index (χ4n) is 3.27. The molecule has 0 spiro atoms. The maximum Gasteiger partial charge on any atom is 0.203 e. The molecule has 4 aromatic rings. The quantitative estimate of drug-likeness (QED) is 0.144. The number of thiazole rings is 1. The van der Waals surface area contributed by atoms with Crippen LogP contribution in [0, 0.1) is 18.3 Å². The summed E-state index contributed by atoms with van der Waals surface area (Å²) in [7, 11) is 4.66. The van der Waals surface area contributed by atoms with E-state index < -0.39 is 0 Å². The molecule has 0 amide bonds. The first kappa shape index (κ1) is 24.9. The van der Waals surface area contributed by atoms with E-state index in [-0.39, 0.29) is 0 Å². The largest absolute Gasteiger partial charge is 0.493 e. The second-order valence-corrected chi connectivity index (χ2v) is 10.2. The molecular weight excluding hydrogens is 501 g/mol. The number of rotatable bonds is 9. The van der Waals surface area contributed by atoms with Gasteiger partial charge < -0.3 is 14.2 Å². The van der Waals surface area contributed by atoms with Crippen LogP contribution in [0.5, 0.6) is 17.2 Å². The summed E-state index contributed by atoms with van der Waals surface area (Å²) < 4.78 is 17.3. The number of hydrogen-bond acceptors (Lipinski definition) is 10. The second kappa shape index (κ2) is 11.4. The number of thioether (sulfide) groups is 1. The molecule has 0 saturated carbocycles. The van der Waals surface area contributed by atoms with Crippen LogP contribution in [0.3, 0.4) is 0 Å². The maximum absolute atomic E-state index is 10.1. The molecule has 0 bridgehead atoms. The predicted octanol–water partition coefficient (Wildman–Crippen LogP) is 6.25. The van der Waals surface area contributed by atoms with E-state index in [0.717, 1.165) is 15.6 Å². The first-order valence-corrected chi connectivity index (χ1v) is 13.1. The molecule has 0 aliphatic rings. The van der Waals surface area contributed by atoms with Crippen LogP contribution in [-0.4, -0.2) is 36.3 Å². The number of ether oxygens (including phenoxy) is 3. The summed E-state index contributed by atoms with van der Waals surface area (Å²) >= 11 is 4.39. The van der Waals surface area contributed by atoms with Crippen molar-refractivity contribution >= 4 is 34.9 Å². The van der Waals surface area contributed by atoms with Crippen LogP contribution in [0.2, 0.25) is 0 Å². The molecule has 7 nitrogen and oxygen atoms in total. The van der Waals surface area contributed by atoms with Crippen LogP contribution in [0.25, 0.3) is 11.3 Å². The van der Waals surface area contributed by atoms with Crippen molar-refractivity contribution in [2.75, 3.05) is 21.3 Å². The highest BCUT2D eigenvalue weighted by Gasteiger charge is 2.22. The van der Waals surface area contributed by atoms with Gasteiger partial charge in [0.15, 0.2) is 21.0 Å². The van der Waals surface area contributed by atoms with Crippen LogP contribution < -0.4 is 14.2 Å². The number of nitrogens with zero attached hydrogens (tertiary/aromatic N) is 4. The summed E-state index contributed by atoms with van der Waals surface area (Å²) in [4.78, 5) is 14.1. The van der Waals surface area contributed by atoms with E-state index in [1.165, 1.54) is 34.9 Å². The highest BCUT2D eigenvalue weighted by atomic mass is 32.2. The highest BCUT2D eigenvalue weighted by Crippen LogP contribution is 2.43. The SMILES string of the molecule is COc1cc(-c2nc(SCc3ccccc3)nc(Sc3nc(C)cs3)c2C#N)cc(OC)c1OC. The van der Waals surface area contributed by atoms with E-state index >= 15 is 0 Å². The lowest BCUT2D eigenvalue weighted by Crippen LogP contribution is -2.01. The van der Waals surface area contributed by atoms with E-state index in [2.05, 4.69) is 23.2 Å². The lowest BCUT2D eigenvalue weighted by atomic mass is 10.1. The summed E-state index contributed by atoms with van der Waals surface area (Å²) in [6.45, 7) is 1.94. The average Bonchev–Trinajstić information content (AvgIpc) is 3.31. The number of nitriles is 1. The first-order valence-electron chi connectivity index (χ1n) is 10.5. The van der Waals surface area contributed by atoms with Gasteiger partial charge in [0.1, 0.15) is 16.7 Å². The summed E-state index contributed by atoms with van der Waals surface area (Å²) in [6.07, 6.45) is 0. The molecule has 35 heavy (non-hydrogen) atoms. The van der Waals surface area contributed by atoms with Gasteiger partial charge in [-0.25, -0.2) is 15.0 Å². The van der Waals surface area contributed by atoms with Crippen molar-refractivity contribution in [2.24, 2.45) is 0 Å². The molecule has 0 saturated heterocycles. The summed E-state index contributed by atoms with van der Waals surface area (Å²) in [5, 5.41) is 13.2. The molecule has 0 unspecified atom stereocenters. The van der Waals surface area contributed by atoms with Gasteiger partial charge in [-0.05, 0) is 36.4 Å². The molecule has 0 atom stereocenters. The molecule has 0 radical (unpaired) electrons. The van der Waals surface area contributed by atoms with Gasteiger partial charge in [-0.3, -0.25) is 0 Å². The van der Waals surface area contributed by atoms with Crippen LogP contribution in [0.15, 0.2) is 62.4 Å². The standard InChI is InChI=1S/C25H22N4O3S3/c1-15-13-34-25(27-15)35-23-18(12-26)21(17-10-19(30-2)22(32-4)20(11-17)31-3)28-24(29-23)33-14-16-8-6-5-7-9-16/h5-11,13H,14H2,1-4H3. The summed E-state index contributed by atoms with van der Waals surface area (Å²) in [6, 6.07) is 16.0. The number of aromatic nitrogens is 3. The van der Waals surface area contributed by atoms with Crippen LogP contribution in [0.4, 0.5) is 0 Å². The minimum absolute atomic E-state index is 0.362. The number of aryl methyl sites for hydroxylation is 1. The van der Waals surface area contributed by atoms with Crippen LogP contribution >= 0.6 is 34.9 Å². The van der Waals surface area contributed by atoms with Gasteiger partial charge in [0.2, 0.25) is 5.75 Å². The minimum atomic E-state index is 0.362. The van der Waals surface area contributed by atoms with Gasteiger partial charge >= 0.3 is 0 Å². The Morgan fingerprint density at radius 2 is 1.69 bits per heavy atom. The Bertz CT molecular complexity index is 1350. The Morgan fingerprint density at radius 1 is 0.971 bits per heavy atom. The van der Waals surface area contributed by atoms with Gasteiger partial charge in [-0.1, -0.05) is 42.1 Å². The van der Waals surface area contributed by atoms with Crippen molar-refractivity contribution in [3.8, 4) is 34.6 Å². The van der Waals surface area contributed by atoms with Crippen molar-refractivity contribution in [1.82, 2.24) is 15.0 Å². The average molecular weight is 523 g/mol. The first-order chi connectivity index (χ1) is 17.1. The number of hydrogen-bond donors (Lipinski definition) is 0. The van der Waals surface area contributed by atoms with Crippen molar-refractivity contribution in [2.45, 2.75) is 27.2 Å². The third-order valence-corrected chi connectivity index (χ3v) is 7.86. The Kier molecular flexibility index (Phi) is 8.13. The third kappa shape index (κ3) is 5.70. The fraction of sp³-hybridized carbons (Fsp3) is 0.200. The number of benzene rings is 2. The zero-order valence-corrected chi connectivity index (χ0v) is 22.0. The van der Waals surface area contributed by atoms with Crippen molar-refractivity contribution in [3.63, 3.8) is 0 Å². The van der Waals surface area contributed by atoms with Crippen LogP contribution in [0.1, 0.15) is 16.8 Å². The molecule has 10 heteroatoms. The zero-order valence-electron chi connectivity index (χ0n) is 19.6. The Hall–Kier alpha value is -3.26. The van der Waals surface area contributed by atoms with Crippen molar-refractivity contribution in [1.29, 1.82) is 5.26 Å². The maximum atomic E-state index is 10.1. The lowest BCUT2D eigenvalue weighted by Gasteiger charge is -2.15. The van der Waals surface area contributed by atoms with E-state index in [0.29, 0.717) is 50.0 Å².